The first-order chi connectivity index (χ1) is 46.7. The molecule has 22 heteroatoms. The molecular formula is C73H60NO12Si9. The van der Waals surface area contributed by atoms with Crippen molar-refractivity contribution >= 4 is 152 Å². The Labute approximate surface area is 560 Å². The highest BCUT2D eigenvalue weighted by molar-refractivity contribution is 7.48. The molecule has 13 aromatic rings. The van der Waals surface area contributed by atoms with Gasteiger partial charge in [-0.2, -0.15) is 0 Å². The summed E-state index contributed by atoms with van der Waals surface area (Å²) in [4.78, 5) is 0. The Balaban J connectivity index is 1.06. The lowest BCUT2D eigenvalue weighted by Gasteiger charge is -2.60. The maximum Gasteiger partial charge on any atom is 0.522 e. The van der Waals surface area contributed by atoms with Gasteiger partial charge in [0.15, 0.2) is 0 Å². The van der Waals surface area contributed by atoms with E-state index in [0.717, 1.165) is 43.1 Å². The number of benzene rings is 12. The van der Waals surface area contributed by atoms with Gasteiger partial charge in [0.25, 0.3) is 0 Å². The minimum absolute atomic E-state index is 0.531. The highest BCUT2D eigenvalue weighted by atomic mass is 29.3. The topological polar surface area (TPSA) is 116 Å². The van der Waals surface area contributed by atoms with Crippen LogP contribution in [0.15, 0.2) is 346 Å². The maximum atomic E-state index is 8.94. The van der Waals surface area contributed by atoms with Crippen LogP contribution in [0.1, 0.15) is 0 Å². The van der Waals surface area contributed by atoms with Gasteiger partial charge >= 0.3 is 70.4 Å². The number of para-hydroxylation sites is 2. The second-order valence-electron chi connectivity index (χ2n) is 23.5. The van der Waals surface area contributed by atoms with E-state index in [0.29, 0.717) is 36.3 Å². The van der Waals surface area contributed by atoms with Gasteiger partial charge in [-0.1, -0.05) is 322 Å². The van der Waals surface area contributed by atoms with E-state index >= 15 is 0 Å². The first kappa shape index (κ1) is 60.6. The third-order valence-corrected chi connectivity index (χ3v) is 59.1. The molecule has 4 unspecified atom stereocenters. The number of fused-ring (bicyclic) bond motifs is 7. The summed E-state index contributed by atoms with van der Waals surface area (Å²) >= 11 is 0. The molecule has 0 aliphatic carbocycles. The van der Waals surface area contributed by atoms with Crippen LogP contribution in [0.5, 0.6) is 0 Å². The minimum atomic E-state index is -5.12. The zero-order valence-electron chi connectivity index (χ0n) is 51.3. The monoisotopic (exact) mass is 1390 g/mol. The second-order valence-corrected chi connectivity index (χ2v) is 52.0. The van der Waals surface area contributed by atoms with Crippen LogP contribution in [0.3, 0.4) is 0 Å². The zero-order valence-corrected chi connectivity index (χ0v) is 60.3. The second kappa shape index (κ2) is 24.2. The largest absolute Gasteiger partial charge is 0.522 e. The van der Waals surface area contributed by atoms with Gasteiger partial charge in [-0.05, 0) is 39.8 Å². The average molecular weight is 1400 g/mol. The van der Waals surface area contributed by atoms with Crippen LogP contribution in [-0.2, 0) is 49.7 Å². The molecule has 0 amide bonds. The van der Waals surface area contributed by atoms with Crippen molar-refractivity contribution in [3.63, 3.8) is 0 Å². The quantitative estimate of drug-likeness (QED) is 0.0836. The van der Waals surface area contributed by atoms with Crippen LogP contribution in [0.4, 0.5) is 0 Å². The van der Waals surface area contributed by atoms with E-state index in [1.807, 2.05) is 212 Å². The smallest absolute Gasteiger partial charge is 0.392 e. The van der Waals surface area contributed by atoms with Gasteiger partial charge in [0.1, 0.15) is 0 Å². The first-order valence-electron chi connectivity index (χ1n) is 31.4. The van der Waals surface area contributed by atoms with Gasteiger partial charge in [-0.25, -0.2) is 0 Å². The molecule has 6 bridgehead atoms. The lowest BCUT2D eigenvalue weighted by Crippen LogP contribution is -2.94. The van der Waals surface area contributed by atoms with Gasteiger partial charge < -0.3 is 54.3 Å². The summed E-state index contributed by atoms with van der Waals surface area (Å²) in [6, 6.07) is 116. The molecule has 13 nitrogen and oxygen atoms in total. The zero-order chi connectivity index (χ0) is 63.6. The Kier molecular flexibility index (Phi) is 15.4. The molecule has 4 atom stereocenters. The standard InChI is InChI=1S/C73H60NO12Si9/c1-75-89(62-39-15-4-16-40-62)78-92(65-45-21-7-22-46-65)80-90(63-41-17-5-18-42-63)76-87(88(60-35-11-2-12-36-60,61-37-13-3-14-38-61)69-53-33-34-59(58-69)74-72-56-31-29-54-70(72)71-55-30-32-57-73(71)74)77-91(64-43-19-6-20-44-64)81-93(79-89,66-47-23-8-24-48-66)85-95(84-92,68-51-27-10-28-52-68)86-94(82-90,83-91)67-49-25-9-26-50-67/h2-58H,1H3. The van der Waals surface area contributed by atoms with Crippen molar-refractivity contribution in [2.24, 2.45) is 0 Å². The number of hydrogen-bond acceptors (Lipinski definition) is 12. The Morgan fingerprint density at radius 3 is 0.895 bits per heavy atom. The van der Waals surface area contributed by atoms with E-state index in [1.54, 1.807) is 7.11 Å². The van der Waals surface area contributed by atoms with Gasteiger partial charge in [0.05, 0.1) is 11.0 Å². The van der Waals surface area contributed by atoms with Crippen LogP contribution in [0, 0.1) is 0 Å². The first-order valence-corrected chi connectivity index (χ1v) is 47.8. The van der Waals surface area contributed by atoms with Crippen molar-refractivity contribution < 1.29 is 49.7 Å². The highest BCUT2D eigenvalue weighted by Gasteiger charge is 2.83. The number of rotatable bonds is 13. The van der Waals surface area contributed by atoms with Crippen molar-refractivity contribution in [2.45, 2.75) is 0 Å². The summed E-state index contributed by atoms with van der Waals surface area (Å²) in [6.45, 7) is 0. The summed E-state index contributed by atoms with van der Waals surface area (Å²) in [6.07, 6.45) is 0. The molecule has 4 aliphatic heterocycles. The SMILES string of the molecule is CO[Si]1(c2ccccc2)O[Si]2(c3ccccc3)O[Si]3(c4ccccc4)O[Si]([Si](c4ccccc4)(c4ccccc4)c4cccc(-n5c6ccccc6c6ccccc65)c4)O[Si]4(c5ccccc5)O[Si](c5ccccc5)(O1)O[Si](c1ccccc1)(O2)O[Si](c1ccccc1)(O3)O4. The summed E-state index contributed by atoms with van der Waals surface area (Å²) in [5.41, 5.74) is 3.06. The predicted molar refractivity (Wildman–Crippen MR) is 386 cm³/mol. The molecule has 4 fully saturated rings. The van der Waals surface area contributed by atoms with Gasteiger partial charge in [-0.3, -0.25) is 0 Å². The van der Waals surface area contributed by atoms with E-state index < -0.39 is 78.0 Å². The molecule has 1 aromatic heterocycles. The molecule has 95 heavy (non-hydrogen) atoms. The summed E-state index contributed by atoms with van der Waals surface area (Å²) in [5, 5.41) is 9.05. The van der Waals surface area contributed by atoms with Crippen molar-refractivity contribution in [3.05, 3.63) is 346 Å². The highest BCUT2D eigenvalue weighted by Crippen LogP contribution is 2.46. The van der Waals surface area contributed by atoms with Crippen molar-refractivity contribution in [1.82, 2.24) is 4.57 Å². The molecule has 465 valence electrons. The lowest BCUT2D eigenvalue weighted by atomic mass is 10.2. The van der Waals surface area contributed by atoms with Crippen LogP contribution in [0.2, 0.25) is 0 Å². The number of hydrogen-bond donors (Lipinski definition) is 0. The van der Waals surface area contributed by atoms with E-state index in [-0.39, 0.29) is 0 Å². The van der Waals surface area contributed by atoms with Gasteiger partial charge in [0, 0.05) is 59.9 Å². The lowest BCUT2D eigenvalue weighted by molar-refractivity contribution is 0.0251. The molecule has 17 rings (SSSR count). The summed E-state index contributed by atoms with van der Waals surface area (Å²) < 4.78 is 104. The van der Waals surface area contributed by atoms with E-state index in [9.17, 15) is 0 Å². The fourth-order valence-corrected chi connectivity index (χ4v) is 67.4. The third-order valence-electron chi connectivity index (χ3n) is 17.9. The Morgan fingerprint density at radius 1 is 0.274 bits per heavy atom. The maximum absolute atomic E-state index is 8.94. The minimum Gasteiger partial charge on any atom is -0.392 e. The van der Waals surface area contributed by atoms with E-state index in [4.69, 9.17) is 49.7 Å². The fourth-order valence-electron chi connectivity index (χ4n) is 13.6. The molecule has 0 spiro atoms. The third kappa shape index (κ3) is 10.1. The molecule has 5 heterocycles. The van der Waals surface area contributed by atoms with E-state index in [2.05, 4.69) is 138 Å². The summed E-state index contributed by atoms with van der Waals surface area (Å²) in [7, 11) is -40.9. The molecule has 4 aliphatic rings. The fraction of sp³-hybridized carbons (Fsp3) is 0.0137. The van der Waals surface area contributed by atoms with Gasteiger partial charge in [-0.15, -0.1) is 0 Å². The van der Waals surface area contributed by atoms with Crippen LogP contribution in [0.25, 0.3) is 27.5 Å². The van der Waals surface area contributed by atoms with Crippen LogP contribution < -0.4 is 51.9 Å². The molecule has 0 saturated carbocycles. The van der Waals surface area contributed by atoms with Crippen LogP contribution >= 0.6 is 0 Å². The molecular weight excluding hydrogens is 1340 g/mol. The van der Waals surface area contributed by atoms with Crippen molar-refractivity contribution in [3.8, 4) is 5.69 Å². The Hall–Kier alpha value is -8.09. The molecule has 4 saturated heterocycles. The number of nitrogens with zero attached hydrogens (tertiary/aromatic N) is 1. The van der Waals surface area contributed by atoms with Gasteiger partial charge in [0.2, 0.25) is 7.59 Å². The molecule has 12 aromatic carbocycles. The molecule has 0 N–H and O–H groups in total. The molecule has 1 radical (unpaired) electrons. The Morgan fingerprint density at radius 2 is 0.547 bits per heavy atom. The average Bonchev–Trinajstić information content (AvgIpc) is 1.41. The normalized spacial score (nSPS) is 26.0. The van der Waals surface area contributed by atoms with Crippen LogP contribution in [-0.4, -0.2) is 89.7 Å². The number of aromatic nitrogens is 1. The predicted octanol–water partition coefficient (Wildman–Crippen LogP) is 7.63. The van der Waals surface area contributed by atoms with Crippen molar-refractivity contribution in [2.75, 3.05) is 7.11 Å². The Bertz CT molecular complexity index is 4680. The van der Waals surface area contributed by atoms with E-state index in [1.165, 1.54) is 0 Å². The summed E-state index contributed by atoms with van der Waals surface area (Å²) in [5.74, 6) is 0. The van der Waals surface area contributed by atoms with Crippen molar-refractivity contribution in [1.29, 1.82) is 0 Å².